The predicted molar refractivity (Wildman–Crippen MR) is 115 cm³/mol. The minimum atomic E-state index is -1.16. The molecule has 3 unspecified atom stereocenters. The van der Waals surface area contributed by atoms with Crippen LogP contribution in [0.3, 0.4) is 0 Å². The van der Waals surface area contributed by atoms with Crippen LogP contribution in [0.5, 0.6) is 0 Å². The number of para-hydroxylation sites is 1. The number of amides is 2. The van der Waals surface area contributed by atoms with Crippen molar-refractivity contribution in [3.63, 3.8) is 0 Å². The van der Waals surface area contributed by atoms with E-state index in [0.717, 1.165) is 16.5 Å². The van der Waals surface area contributed by atoms with Gasteiger partial charge in [-0.25, -0.2) is 4.79 Å². The average molecular weight is 421 g/mol. The Morgan fingerprint density at radius 1 is 1.14 bits per heavy atom. The lowest BCUT2D eigenvalue weighted by molar-refractivity contribution is -0.142. The number of benzene rings is 1. The number of aromatic amines is 1. The van der Waals surface area contributed by atoms with Crippen LogP contribution in [-0.2, 0) is 20.8 Å². The number of carbonyl (C=O) groups excluding carboxylic acids is 2. The fourth-order valence-electron chi connectivity index (χ4n) is 3.08. The van der Waals surface area contributed by atoms with Gasteiger partial charge in [0.15, 0.2) is 0 Å². The second-order valence-electron chi connectivity index (χ2n) is 7.44. The zero-order valence-corrected chi connectivity index (χ0v) is 17.4. The third kappa shape index (κ3) is 6.23. The summed E-state index contributed by atoms with van der Waals surface area (Å²) in [6, 6.07) is 4.64. The van der Waals surface area contributed by atoms with Gasteiger partial charge in [-0.05, 0) is 24.0 Å². The zero-order valence-electron chi connectivity index (χ0n) is 16.5. The largest absolute Gasteiger partial charge is 0.480 e. The molecule has 2 aromatic rings. The molecule has 0 bridgehead atoms. The molecule has 2 rings (SSSR count). The fourth-order valence-corrected chi connectivity index (χ4v) is 3.34. The quantitative estimate of drug-likeness (QED) is 0.319. The third-order valence-electron chi connectivity index (χ3n) is 4.59. The summed E-state index contributed by atoms with van der Waals surface area (Å²) < 4.78 is 0. The van der Waals surface area contributed by atoms with Crippen LogP contribution in [0.2, 0.25) is 0 Å². The molecule has 0 saturated heterocycles. The van der Waals surface area contributed by atoms with Crippen molar-refractivity contribution in [3.05, 3.63) is 36.0 Å². The first-order valence-electron chi connectivity index (χ1n) is 9.47. The third-order valence-corrected chi connectivity index (χ3v) is 4.96. The molecule has 0 radical (unpaired) electrons. The van der Waals surface area contributed by atoms with Crippen molar-refractivity contribution >= 4 is 41.3 Å². The highest BCUT2D eigenvalue weighted by Crippen LogP contribution is 2.19. The summed E-state index contributed by atoms with van der Waals surface area (Å²) in [7, 11) is 0. The van der Waals surface area contributed by atoms with E-state index in [-0.39, 0.29) is 18.1 Å². The molecule has 1 aromatic carbocycles. The summed E-state index contributed by atoms with van der Waals surface area (Å²) in [5.41, 5.74) is 7.51. The van der Waals surface area contributed by atoms with Crippen LogP contribution in [0.4, 0.5) is 0 Å². The van der Waals surface area contributed by atoms with Crippen LogP contribution in [0, 0.1) is 5.92 Å². The number of nitrogens with two attached hydrogens (primary N) is 1. The fraction of sp³-hybridized carbons (Fsp3) is 0.450. The van der Waals surface area contributed by atoms with E-state index < -0.39 is 35.9 Å². The van der Waals surface area contributed by atoms with Gasteiger partial charge in [0, 0.05) is 29.3 Å². The molecule has 0 fully saturated rings. The van der Waals surface area contributed by atoms with Crippen molar-refractivity contribution in [1.29, 1.82) is 0 Å². The number of thiol groups is 1. The van der Waals surface area contributed by atoms with Crippen molar-refractivity contribution in [2.24, 2.45) is 11.7 Å². The van der Waals surface area contributed by atoms with Crippen LogP contribution >= 0.6 is 12.6 Å². The number of hydrogen-bond donors (Lipinski definition) is 6. The van der Waals surface area contributed by atoms with E-state index in [1.807, 2.05) is 38.1 Å². The molecule has 1 heterocycles. The number of hydrogen-bond acceptors (Lipinski definition) is 5. The van der Waals surface area contributed by atoms with Gasteiger partial charge in [-0.2, -0.15) is 12.6 Å². The van der Waals surface area contributed by atoms with Gasteiger partial charge in [-0.15, -0.1) is 0 Å². The van der Waals surface area contributed by atoms with Crippen LogP contribution in [0.15, 0.2) is 30.5 Å². The molecule has 158 valence electrons. The minimum Gasteiger partial charge on any atom is -0.480 e. The van der Waals surface area contributed by atoms with E-state index in [2.05, 4.69) is 28.2 Å². The number of rotatable bonds is 10. The smallest absolute Gasteiger partial charge is 0.326 e. The molecule has 0 spiro atoms. The van der Waals surface area contributed by atoms with E-state index in [4.69, 9.17) is 5.73 Å². The van der Waals surface area contributed by atoms with E-state index in [1.54, 1.807) is 6.20 Å². The van der Waals surface area contributed by atoms with Crippen LogP contribution < -0.4 is 16.4 Å². The number of aromatic nitrogens is 1. The van der Waals surface area contributed by atoms with Gasteiger partial charge in [0.2, 0.25) is 11.8 Å². The van der Waals surface area contributed by atoms with Gasteiger partial charge >= 0.3 is 5.97 Å². The Morgan fingerprint density at radius 3 is 2.41 bits per heavy atom. The Morgan fingerprint density at radius 2 is 1.79 bits per heavy atom. The van der Waals surface area contributed by atoms with Crippen LogP contribution in [0.25, 0.3) is 10.9 Å². The van der Waals surface area contributed by atoms with Crippen LogP contribution in [-0.4, -0.2) is 51.8 Å². The van der Waals surface area contributed by atoms with E-state index in [1.165, 1.54) is 0 Å². The van der Waals surface area contributed by atoms with Crippen molar-refractivity contribution in [2.75, 3.05) is 5.75 Å². The summed E-state index contributed by atoms with van der Waals surface area (Å²) in [6.07, 6.45) is 2.31. The summed E-state index contributed by atoms with van der Waals surface area (Å²) in [5.74, 6) is -1.99. The van der Waals surface area contributed by atoms with E-state index >= 15 is 0 Å². The lowest BCUT2D eigenvalue weighted by atomic mass is 10.0. The number of carbonyl (C=O) groups is 3. The van der Waals surface area contributed by atoms with E-state index in [0.29, 0.717) is 6.42 Å². The maximum atomic E-state index is 12.6. The Bertz CT molecular complexity index is 867. The molecular formula is C20H28N4O4S. The lowest BCUT2D eigenvalue weighted by Crippen LogP contribution is -2.55. The normalized spacial score (nSPS) is 14.4. The van der Waals surface area contributed by atoms with Crippen molar-refractivity contribution in [2.45, 2.75) is 44.8 Å². The second-order valence-corrected chi connectivity index (χ2v) is 7.81. The van der Waals surface area contributed by atoms with Crippen molar-refractivity contribution in [1.82, 2.24) is 15.6 Å². The molecule has 8 nitrogen and oxygen atoms in total. The van der Waals surface area contributed by atoms with Gasteiger partial charge in [-0.1, -0.05) is 32.0 Å². The molecule has 1 aromatic heterocycles. The average Bonchev–Trinajstić information content (AvgIpc) is 3.07. The number of H-pyrrole nitrogens is 1. The molecule has 9 heteroatoms. The zero-order chi connectivity index (χ0) is 21.6. The highest BCUT2D eigenvalue weighted by atomic mass is 32.1. The topological polar surface area (TPSA) is 137 Å². The first kappa shape index (κ1) is 22.8. The minimum absolute atomic E-state index is 0.0192. The summed E-state index contributed by atoms with van der Waals surface area (Å²) in [6.45, 7) is 3.89. The second kappa shape index (κ2) is 10.3. The van der Waals surface area contributed by atoms with Gasteiger partial charge in [-0.3, -0.25) is 9.59 Å². The summed E-state index contributed by atoms with van der Waals surface area (Å²) >= 11 is 4.11. The van der Waals surface area contributed by atoms with Gasteiger partial charge in [0.05, 0.1) is 6.04 Å². The predicted octanol–water partition coefficient (Wildman–Crippen LogP) is 1.07. The molecule has 29 heavy (non-hydrogen) atoms. The Labute approximate surface area is 175 Å². The highest BCUT2D eigenvalue weighted by Gasteiger charge is 2.28. The SMILES string of the molecule is CC(C)CC(N)C(=O)NC(CS)C(=O)NC(Cc1c[nH]c2ccccc12)C(=O)O. The molecular weight excluding hydrogens is 392 g/mol. The molecule has 0 aliphatic heterocycles. The molecule has 0 saturated carbocycles. The number of nitrogens with one attached hydrogen (secondary N) is 3. The maximum Gasteiger partial charge on any atom is 0.326 e. The first-order chi connectivity index (χ1) is 13.7. The monoisotopic (exact) mass is 420 g/mol. The molecule has 3 atom stereocenters. The Hall–Kier alpha value is -2.52. The number of carboxylic acid groups (broad SMARTS) is 1. The van der Waals surface area contributed by atoms with Crippen molar-refractivity contribution < 1.29 is 19.5 Å². The maximum absolute atomic E-state index is 12.6. The Kier molecular flexibility index (Phi) is 8.10. The first-order valence-corrected chi connectivity index (χ1v) is 10.1. The standard InChI is InChI=1S/C20H28N4O4S/c1-11(2)7-14(21)18(25)24-17(10-29)19(26)23-16(20(27)28)8-12-9-22-15-6-4-3-5-13(12)15/h3-6,9,11,14,16-17,22,29H,7-8,10,21H2,1-2H3,(H,23,26)(H,24,25)(H,27,28). The summed E-state index contributed by atoms with van der Waals surface area (Å²) in [5, 5.41) is 15.5. The molecule has 0 aliphatic carbocycles. The molecule has 2 amide bonds. The van der Waals surface area contributed by atoms with Crippen LogP contribution in [0.1, 0.15) is 25.8 Å². The number of aliphatic carboxylic acids is 1. The van der Waals surface area contributed by atoms with Gasteiger partial charge < -0.3 is 26.5 Å². The lowest BCUT2D eigenvalue weighted by Gasteiger charge is -2.22. The number of carboxylic acids is 1. The molecule has 6 N–H and O–H groups in total. The van der Waals surface area contributed by atoms with Crippen molar-refractivity contribution in [3.8, 4) is 0 Å². The van der Waals surface area contributed by atoms with E-state index in [9.17, 15) is 19.5 Å². The Balaban J connectivity index is 2.05. The number of fused-ring (bicyclic) bond motifs is 1. The summed E-state index contributed by atoms with van der Waals surface area (Å²) in [4.78, 5) is 39.6. The van der Waals surface area contributed by atoms with Gasteiger partial charge in [0.25, 0.3) is 0 Å². The molecule has 0 aliphatic rings. The van der Waals surface area contributed by atoms with Gasteiger partial charge in [0.1, 0.15) is 12.1 Å². The highest BCUT2D eigenvalue weighted by molar-refractivity contribution is 7.80.